The average Bonchev–Trinajstić information content (AvgIpc) is 2.72. The Kier molecular flexibility index (Phi) is 10.1. The van der Waals surface area contributed by atoms with E-state index in [0.29, 0.717) is 12.0 Å². The van der Waals surface area contributed by atoms with Crippen LogP contribution in [0.15, 0.2) is 48.5 Å². The van der Waals surface area contributed by atoms with Crippen molar-refractivity contribution in [3.8, 4) is 0 Å². The molecule has 1 aliphatic rings. The van der Waals surface area contributed by atoms with Crippen molar-refractivity contribution in [2.24, 2.45) is 5.92 Å². The summed E-state index contributed by atoms with van der Waals surface area (Å²) < 4.78 is 12.8. The van der Waals surface area contributed by atoms with Crippen molar-refractivity contribution in [1.82, 2.24) is 4.90 Å². The molecule has 158 valence electrons. The van der Waals surface area contributed by atoms with Crippen molar-refractivity contribution in [1.29, 1.82) is 0 Å². The number of piperidine rings is 1. The predicted octanol–water partition coefficient (Wildman–Crippen LogP) is 6.47. The van der Waals surface area contributed by atoms with Crippen molar-refractivity contribution in [3.05, 3.63) is 71.0 Å². The minimum Gasteiger partial charge on any atom is -0.303 e. The van der Waals surface area contributed by atoms with Crippen LogP contribution < -0.4 is 0 Å². The van der Waals surface area contributed by atoms with Gasteiger partial charge in [0.25, 0.3) is 0 Å². The SMILES string of the molecule is CC1CCN(CCCC(=O)c2ccc(F)cc2)CC1.CCCc1ccccc1C. The zero-order valence-electron chi connectivity index (χ0n) is 18.3. The molecule has 1 heterocycles. The second-order valence-electron chi connectivity index (χ2n) is 8.23. The largest absolute Gasteiger partial charge is 0.303 e. The Bertz CT molecular complexity index is 733. The van der Waals surface area contributed by atoms with Crippen LogP contribution in [0.2, 0.25) is 0 Å². The molecule has 0 bridgehead atoms. The summed E-state index contributed by atoms with van der Waals surface area (Å²) in [5.41, 5.74) is 3.53. The van der Waals surface area contributed by atoms with E-state index in [4.69, 9.17) is 0 Å². The minimum absolute atomic E-state index is 0.116. The molecule has 0 radical (unpaired) electrons. The predicted molar refractivity (Wildman–Crippen MR) is 120 cm³/mol. The van der Waals surface area contributed by atoms with Gasteiger partial charge in [-0.15, -0.1) is 0 Å². The van der Waals surface area contributed by atoms with Crippen LogP contribution in [0.5, 0.6) is 0 Å². The molecule has 1 saturated heterocycles. The number of rotatable bonds is 7. The topological polar surface area (TPSA) is 20.3 Å². The van der Waals surface area contributed by atoms with Gasteiger partial charge in [-0.3, -0.25) is 4.79 Å². The number of aryl methyl sites for hydroxylation is 2. The highest BCUT2D eigenvalue weighted by atomic mass is 19.1. The summed E-state index contributed by atoms with van der Waals surface area (Å²) in [7, 11) is 0. The molecule has 0 spiro atoms. The van der Waals surface area contributed by atoms with Gasteiger partial charge in [-0.25, -0.2) is 4.39 Å². The lowest BCUT2D eigenvalue weighted by molar-refractivity contribution is 0.0971. The standard InChI is InChI=1S/C16H22FNO.C10H14/c1-13-8-11-18(12-9-13)10-2-3-16(19)14-4-6-15(17)7-5-14;1-3-6-10-8-5-4-7-9(10)2/h4-7,13H,2-3,8-12H2,1H3;4-5,7-8H,3,6H2,1-2H3. The number of nitrogens with zero attached hydrogens (tertiary/aromatic N) is 1. The number of carbonyl (C=O) groups is 1. The van der Waals surface area contributed by atoms with Crippen LogP contribution in [0.3, 0.4) is 0 Å². The molecule has 1 fully saturated rings. The number of hydrogen-bond donors (Lipinski definition) is 0. The Balaban J connectivity index is 0.000000253. The molecule has 0 aromatic heterocycles. The van der Waals surface area contributed by atoms with Gasteiger partial charge in [-0.05, 0) is 93.6 Å². The number of halogens is 1. The van der Waals surface area contributed by atoms with Crippen molar-refractivity contribution in [2.75, 3.05) is 19.6 Å². The molecule has 29 heavy (non-hydrogen) atoms. The van der Waals surface area contributed by atoms with Crippen molar-refractivity contribution in [3.63, 3.8) is 0 Å². The van der Waals surface area contributed by atoms with Gasteiger partial charge in [0.15, 0.2) is 5.78 Å². The normalized spacial score (nSPS) is 14.9. The zero-order valence-corrected chi connectivity index (χ0v) is 18.3. The molecule has 0 amide bonds. The second kappa shape index (κ2) is 12.5. The molecule has 0 saturated carbocycles. The first-order valence-electron chi connectivity index (χ1n) is 11.0. The fourth-order valence-electron chi connectivity index (χ4n) is 3.69. The van der Waals surface area contributed by atoms with E-state index in [9.17, 15) is 9.18 Å². The summed E-state index contributed by atoms with van der Waals surface area (Å²) in [5.74, 6) is 0.668. The first kappa shape index (κ1) is 23.3. The number of benzene rings is 2. The molecule has 2 nitrogen and oxygen atoms in total. The van der Waals surface area contributed by atoms with Gasteiger partial charge in [0.2, 0.25) is 0 Å². The fourth-order valence-corrected chi connectivity index (χ4v) is 3.69. The van der Waals surface area contributed by atoms with Gasteiger partial charge in [0.1, 0.15) is 5.82 Å². The molecular weight excluding hydrogens is 361 g/mol. The zero-order chi connectivity index (χ0) is 21.1. The summed E-state index contributed by atoms with van der Waals surface area (Å²) in [4.78, 5) is 14.4. The first-order valence-corrected chi connectivity index (χ1v) is 11.0. The van der Waals surface area contributed by atoms with Crippen LogP contribution >= 0.6 is 0 Å². The van der Waals surface area contributed by atoms with Crippen LogP contribution in [-0.2, 0) is 6.42 Å². The van der Waals surface area contributed by atoms with Gasteiger partial charge < -0.3 is 4.90 Å². The van der Waals surface area contributed by atoms with Gasteiger partial charge in [0.05, 0.1) is 0 Å². The Labute approximate surface area is 176 Å². The summed E-state index contributed by atoms with van der Waals surface area (Å²) in [6.07, 6.45) is 6.44. The molecule has 2 aromatic carbocycles. The van der Waals surface area contributed by atoms with E-state index in [-0.39, 0.29) is 11.6 Å². The van der Waals surface area contributed by atoms with Gasteiger partial charge in [-0.2, -0.15) is 0 Å². The van der Waals surface area contributed by atoms with Crippen molar-refractivity contribution >= 4 is 5.78 Å². The maximum atomic E-state index is 12.8. The summed E-state index contributed by atoms with van der Waals surface area (Å²) in [6, 6.07) is 14.4. The maximum Gasteiger partial charge on any atom is 0.162 e. The summed E-state index contributed by atoms with van der Waals surface area (Å²) >= 11 is 0. The third kappa shape index (κ3) is 8.49. The minimum atomic E-state index is -0.293. The molecule has 0 N–H and O–H groups in total. The van der Waals surface area contributed by atoms with E-state index in [2.05, 4.69) is 49.9 Å². The van der Waals surface area contributed by atoms with E-state index >= 15 is 0 Å². The van der Waals surface area contributed by atoms with E-state index < -0.39 is 0 Å². The van der Waals surface area contributed by atoms with Crippen LogP contribution in [0.4, 0.5) is 4.39 Å². The number of likely N-dealkylation sites (tertiary alicyclic amines) is 1. The monoisotopic (exact) mass is 397 g/mol. The number of carbonyl (C=O) groups excluding carboxylic acids is 1. The molecule has 0 unspecified atom stereocenters. The van der Waals surface area contributed by atoms with Crippen LogP contribution in [0.25, 0.3) is 0 Å². The Morgan fingerprint density at radius 2 is 1.72 bits per heavy atom. The van der Waals surface area contributed by atoms with Crippen molar-refractivity contribution in [2.45, 2.75) is 59.3 Å². The van der Waals surface area contributed by atoms with Gasteiger partial charge in [-0.1, -0.05) is 44.5 Å². The number of Topliss-reactive ketones (excluding diaryl/α,β-unsaturated/α-hetero) is 1. The third-order valence-corrected chi connectivity index (χ3v) is 5.70. The van der Waals surface area contributed by atoms with Crippen LogP contribution in [-0.4, -0.2) is 30.3 Å². The maximum absolute atomic E-state index is 12.8. The highest BCUT2D eigenvalue weighted by molar-refractivity contribution is 5.95. The molecule has 0 atom stereocenters. The van der Waals surface area contributed by atoms with Crippen molar-refractivity contribution < 1.29 is 9.18 Å². The highest BCUT2D eigenvalue weighted by Gasteiger charge is 2.15. The van der Waals surface area contributed by atoms with Crippen LogP contribution in [0.1, 0.15) is 67.4 Å². The Morgan fingerprint density at radius 3 is 2.34 bits per heavy atom. The number of hydrogen-bond acceptors (Lipinski definition) is 2. The summed E-state index contributed by atoms with van der Waals surface area (Å²) in [6.45, 7) is 10.0. The molecule has 3 heteroatoms. The molecule has 3 rings (SSSR count). The average molecular weight is 398 g/mol. The molecule has 0 aliphatic carbocycles. The molecular formula is C26H36FNO. The second-order valence-corrected chi connectivity index (χ2v) is 8.23. The lowest BCUT2D eigenvalue weighted by Crippen LogP contribution is -2.33. The molecule has 1 aliphatic heterocycles. The third-order valence-electron chi connectivity index (χ3n) is 5.70. The van der Waals surface area contributed by atoms with Gasteiger partial charge in [0, 0.05) is 12.0 Å². The van der Waals surface area contributed by atoms with E-state index in [1.807, 2.05) is 0 Å². The highest BCUT2D eigenvalue weighted by Crippen LogP contribution is 2.16. The Morgan fingerprint density at radius 1 is 1.07 bits per heavy atom. The number of ketones is 1. The Hall–Kier alpha value is -2.00. The lowest BCUT2D eigenvalue weighted by atomic mass is 9.99. The fraction of sp³-hybridized carbons (Fsp3) is 0.500. The van der Waals surface area contributed by atoms with Gasteiger partial charge >= 0.3 is 0 Å². The molecule has 2 aromatic rings. The van der Waals surface area contributed by atoms with E-state index in [1.54, 1.807) is 12.1 Å². The quantitative estimate of drug-likeness (QED) is 0.499. The summed E-state index contributed by atoms with van der Waals surface area (Å²) in [5, 5.41) is 0. The van der Waals surface area contributed by atoms with Crippen LogP contribution in [0, 0.1) is 18.7 Å². The van der Waals surface area contributed by atoms with E-state index in [0.717, 1.165) is 32.0 Å². The first-order chi connectivity index (χ1) is 14.0. The smallest absolute Gasteiger partial charge is 0.162 e. The lowest BCUT2D eigenvalue weighted by Gasteiger charge is -2.29. The van der Waals surface area contributed by atoms with E-state index in [1.165, 1.54) is 48.9 Å².